The Hall–Kier alpha value is -2.49. The van der Waals surface area contributed by atoms with Crippen LogP contribution in [-0.2, 0) is 4.74 Å². The lowest BCUT2D eigenvalue weighted by Gasteiger charge is -2.14. The van der Waals surface area contributed by atoms with Crippen molar-refractivity contribution in [1.82, 2.24) is 0 Å². The van der Waals surface area contributed by atoms with Gasteiger partial charge in [0.05, 0.1) is 25.0 Å². The SMILES string of the molecule is COC(=O)c1cccc(C)c1NCCCCOc1ccccc1C. The van der Waals surface area contributed by atoms with E-state index in [0.29, 0.717) is 12.2 Å². The molecule has 0 bridgehead atoms. The number of rotatable bonds is 8. The topological polar surface area (TPSA) is 47.6 Å². The highest BCUT2D eigenvalue weighted by atomic mass is 16.5. The second-order valence-corrected chi connectivity index (χ2v) is 5.74. The summed E-state index contributed by atoms with van der Waals surface area (Å²) in [5, 5.41) is 3.35. The molecule has 4 nitrogen and oxygen atoms in total. The van der Waals surface area contributed by atoms with Crippen molar-refractivity contribution < 1.29 is 14.3 Å². The molecule has 4 heteroatoms. The number of hydrogen-bond donors (Lipinski definition) is 1. The minimum atomic E-state index is -0.316. The number of esters is 1. The first-order chi connectivity index (χ1) is 11.6. The molecule has 1 N–H and O–H groups in total. The van der Waals surface area contributed by atoms with Gasteiger partial charge in [-0.05, 0) is 49.9 Å². The molecule has 0 unspecified atom stereocenters. The van der Waals surface area contributed by atoms with Crippen LogP contribution < -0.4 is 10.1 Å². The summed E-state index contributed by atoms with van der Waals surface area (Å²) < 4.78 is 10.6. The van der Waals surface area contributed by atoms with E-state index in [-0.39, 0.29) is 5.97 Å². The molecule has 0 atom stereocenters. The quantitative estimate of drug-likeness (QED) is 0.578. The molecule has 24 heavy (non-hydrogen) atoms. The largest absolute Gasteiger partial charge is 0.493 e. The predicted octanol–water partition coefficient (Wildman–Crippen LogP) is 4.36. The first-order valence-electron chi connectivity index (χ1n) is 8.23. The van der Waals surface area contributed by atoms with Gasteiger partial charge in [-0.2, -0.15) is 0 Å². The van der Waals surface area contributed by atoms with Gasteiger partial charge in [-0.15, -0.1) is 0 Å². The van der Waals surface area contributed by atoms with E-state index < -0.39 is 0 Å². The number of methoxy groups -OCH3 is 1. The number of hydrogen-bond acceptors (Lipinski definition) is 4. The van der Waals surface area contributed by atoms with Crippen LogP contribution in [0.2, 0.25) is 0 Å². The molecular formula is C20H25NO3. The Kier molecular flexibility index (Phi) is 6.67. The number of unbranched alkanes of at least 4 members (excludes halogenated alkanes) is 1. The average Bonchev–Trinajstić information content (AvgIpc) is 2.59. The molecule has 2 rings (SSSR count). The number of carbonyl (C=O) groups excluding carboxylic acids is 1. The van der Waals surface area contributed by atoms with E-state index >= 15 is 0 Å². The van der Waals surface area contributed by atoms with Crippen LogP contribution in [0.25, 0.3) is 0 Å². The van der Waals surface area contributed by atoms with Crippen LogP contribution in [0.3, 0.4) is 0 Å². The zero-order chi connectivity index (χ0) is 17.4. The van der Waals surface area contributed by atoms with E-state index in [4.69, 9.17) is 9.47 Å². The number of para-hydroxylation sites is 2. The lowest BCUT2D eigenvalue weighted by atomic mass is 10.1. The number of anilines is 1. The van der Waals surface area contributed by atoms with E-state index in [9.17, 15) is 4.79 Å². The van der Waals surface area contributed by atoms with E-state index in [2.05, 4.69) is 5.32 Å². The van der Waals surface area contributed by atoms with Crippen molar-refractivity contribution >= 4 is 11.7 Å². The average molecular weight is 327 g/mol. The van der Waals surface area contributed by atoms with Crippen molar-refractivity contribution in [2.75, 3.05) is 25.6 Å². The molecule has 0 heterocycles. The standard InChI is InChI=1S/C20H25NO3/c1-15-9-4-5-12-18(15)24-14-7-6-13-21-19-16(2)10-8-11-17(19)20(22)23-3/h4-5,8-12,21H,6-7,13-14H2,1-3H3. The lowest BCUT2D eigenvalue weighted by molar-refractivity contribution is 0.0601. The van der Waals surface area contributed by atoms with Gasteiger partial charge >= 0.3 is 5.97 Å². The Morgan fingerprint density at radius 3 is 2.50 bits per heavy atom. The van der Waals surface area contributed by atoms with Gasteiger partial charge in [-0.3, -0.25) is 0 Å². The normalized spacial score (nSPS) is 10.3. The summed E-state index contributed by atoms with van der Waals surface area (Å²) in [6.07, 6.45) is 1.90. The second kappa shape index (κ2) is 8.96. The Morgan fingerprint density at radius 2 is 1.75 bits per heavy atom. The van der Waals surface area contributed by atoms with Crippen molar-refractivity contribution in [2.45, 2.75) is 26.7 Å². The van der Waals surface area contributed by atoms with Gasteiger partial charge in [-0.1, -0.05) is 30.3 Å². The van der Waals surface area contributed by atoms with Crippen LogP contribution >= 0.6 is 0 Å². The van der Waals surface area contributed by atoms with Crippen molar-refractivity contribution in [3.05, 3.63) is 59.2 Å². The molecule has 0 amide bonds. The van der Waals surface area contributed by atoms with Crippen LogP contribution in [0.5, 0.6) is 5.75 Å². The molecule has 128 valence electrons. The van der Waals surface area contributed by atoms with Crippen molar-refractivity contribution in [2.24, 2.45) is 0 Å². The lowest BCUT2D eigenvalue weighted by Crippen LogP contribution is -2.11. The van der Waals surface area contributed by atoms with E-state index in [1.54, 1.807) is 6.07 Å². The molecular weight excluding hydrogens is 302 g/mol. The maximum atomic E-state index is 11.8. The highest BCUT2D eigenvalue weighted by Crippen LogP contribution is 2.21. The molecule has 0 aliphatic rings. The number of aryl methyl sites for hydroxylation is 2. The number of nitrogens with one attached hydrogen (secondary N) is 1. The Balaban J connectivity index is 1.79. The highest BCUT2D eigenvalue weighted by Gasteiger charge is 2.12. The second-order valence-electron chi connectivity index (χ2n) is 5.74. The summed E-state index contributed by atoms with van der Waals surface area (Å²) in [6, 6.07) is 13.7. The smallest absolute Gasteiger partial charge is 0.339 e. The van der Waals surface area contributed by atoms with Gasteiger partial charge in [0.1, 0.15) is 5.75 Å². The zero-order valence-electron chi connectivity index (χ0n) is 14.6. The Bertz CT molecular complexity index is 682. The van der Waals surface area contributed by atoms with Crippen LogP contribution in [-0.4, -0.2) is 26.2 Å². The Labute approximate surface area is 143 Å². The molecule has 0 radical (unpaired) electrons. The fourth-order valence-electron chi connectivity index (χ4n) is 2.52. The molecule has 0 aliphatic carbocycles. The summed E-state index contributed by atoms with van der Waals surface area (Å²) in [5.41, 5.74) is 3.62. The van der Waals surface area contributed by atoms with E-state index in [1.807, 2.05) is 50.2 Å². The maximum Gasteiger partial charge on any atom is 0.339 e. The molecule has 0 saturated heterocycles. The molecule has 2 aromatic carbocycles. The van der Waals surface area contributed by atoms with Crippen molar-refractivity contribution in [3.8, 4) is 5.75 Å². The maximum absolute atomic E-state index is 11.8. The van der Waals surface area contributed by atoms with Gasteiger partial charge in [0.2, 0.25) is 0 Å². The summed E-state index contributed by atoms with van der Waals surface area (Å²) >= 11 is 0. The van der Waals surface area contributed by atoms with Gasteiger partial charge in [0.25, 0.3) is 0 Å². The fraction of sp³-hybridized carbons (Fsp3) is 0.350. The third-order valence-corrected chi connectivity index (χ3v) is 3.90. The van der Waals surface area contributed by atoms with Crippen LogP contribution in [0.15, 0.2) is 42.5 Å². The zero-order valence-corrected chi connectivity index (χ0v) is 14.6. The van der Waals surface area contributed by atoms with E-state index in [1.165, 1.54) is 7.11 Å². The Morgan fingerprint density at radius 1 is 1.00 bits per heavy atom. The third kappa shape index (κ3) is 4.75. The minimum Gasteiger partial charge on any atom is -0.493 e. The monoisotopic (exact) mass is 327 g/mol. The van der Waals surface area contributed by atoms with Gasteiger partial charge < -0.3 is 14.8 Å². The van der Waals surface area contributed by atoms with Crippen LogP contribution in [0.4, 0.5) is 5.69 Å². The van der Waals surface area contributed by atoms with E-state index in [0.717, 1.165) is 42.0 Å². The molecule has 0 saturated carbocycles. The molecule has 2 aromatic rings. The summed E-state index contributed by atoms with van der Waals surface area (Å²) in [6.45, 7) is 5.50. The summed E-state index contributed by atoms with van der Waals surface area (Å²) in [4.78, 5) is 11.8. The highest BCUT2D eigenvalue weighted by molar-refractivity contribution is 5.96. The minimum absolute atomic E-state index is 0.316. The van der Waals surface area contributed by atoms with Crippen LogP contribution in [0, 0.1) is 13.8 Å². The molecule has 0 aromatic heterocycles. The summed E-state index contributed by atoms with van der Waals surface area (Å²) in [5.74, 6) is 0.626. The first kappa shape index (κ1) is 17.9. The third-order valence-electron chi connectivity index (χ3n) is 3.90. The van der Waals surface area contributed by atoms with Gasteiger partial charge in [0, 0.05) is 6.54 Å². The number of ether oxygens (including phenoxy) is 2. The fourth-order valence-corrected chi connectivity index (χ4v) is 2.52. The van der Waals surface area contributed by atoms with Crippen LogP contribution in [0.1, 0.15) is 34.3 Å². The molecule has 0 spiro atoms. The molecule has 0 fully saturated rings. The summed E-state index contributed by atoms with van der Waals surface area (Å²) in [7, 11) is 1.40. The first-order valence-corrected chi connectivity index (χ1v) is 8.23. The van der Waals surface area contributed by atoms with Gasteiger partial charge in [-0.25, -0.2) is 4.79 Å². The van der Waals surface area contributed by atoms with Crippen molar-refractivity contribution in [3.63, 3.8) is 0 Å². The number of carbonyl (C=O) groups is 1. The van der Waals surface area contributed by atoms with Crippen molar-refractivity contribution in [1.29, 1.82) is 0 Å². The number of benzene rings is 2. The molecule has 0 aliphatic heterocycles. The predicted molar refractivity (Wildman–Crippen MR) is 96.9 cm³/mol. The van der Waals surface area contributed by atoms with Gasteiger partial charge in [0.15, 0.2) is 0 Å².